The van der Waals surface area contributed by atoms with E-state index in [1.807, 2.05) is 13.0 Å². The maximum atomic E-state index is 12.4. The van der Waals surface area contributed by atoms with Crippen molar-refractivity contribution in [2.24, 2.45) is 0 Å². The van der Waals surface area contributed by atoms with E-state index in [2.05, 4.69) is 56.9 Å². The first-order valence-corrected chi connectivity index (χ1v) is 9.90. The Morgan fingerprint density at radius 3 is 2.74 bits per heavy atom. The average Bonchev–Trinajstić information content (AvgIpc) is 2.71. The van der Waals surface area contributed by atoms with Crippen molar-refractivity contribution in [3.63, 3.8) is 0 Å². The van der Waals surface area contributed by atoms with Crippen molar-refractivity contribution < 1.29 is 4.79 Å². The Morgan fingerprint density at radius 2 is 1.93 bits per heavy atom. The Balaban J connectivity index is 1.48. The molecule has 1 aromatic carbocycles. The summed E-state index contributed by atoms with van der Waals surface area (Å²) in [6, 6.07) is 14.7. The molecule has 5 nitrogen and oxygen atoms in total. The monoisotopic (exact) mass is 364 g/mol. The van der Waals surface area contributed by atoms with Crippen molar-refractivity contribution in [1.29, 1.82) is 0 Å². The molecule has 2 aromatic rings. The fourth-order valence-electron chi connectivity index (χ4n) is 4.25. The summed E-state index contributed by atoms with van der Waals surface area (Å²) in [5.74, 6) is 0.157. The maximum absolute atomic E-state index is 12.4. The number of nitrogens with zero attached hydrogens (tertiary/aromatic N) is 2. The summed E-state index contributed by atoms with van der Waals surface area (Å²) < 4.78 is 0. The highest BCUT2D eigenvalue weighted by molar-refractivity contribution is 5.78. The Hall–Kier alpha value is -2.40. The maximum Gasteiger partial charge on any atom is 0.222 e. The van der Waals surface area contributed by atoms with Crippen LogP contribution in [0, 0.1) is 6.92 Å². The lowest BCUT2D eigenvalue weighted by Crippen LogP contribution is -2.51. The lowest BCUT2D eigenvalue weighted by molar-refractivity contribution is -0.122. The molecule has 1 saturated heterocycles. The van der Waals surface area contributed by atoms with Crippen LogP contribution < -0.4 is 10.6 Å². The molecule has 1 fully saturated rings. The van der Waals surface area contributed by atoms with Crippen LogP contribution >= 0.6 is 0 Å². The smallest absolute Gasteiger partial charge is 0.222 e. The molecule has 2 N–H and O–H groups in total. The quantitative estimate of drug-likeness (QED) is 0.860. The van der Waals surface area contributed by atoms with Crippen molar-refractivity contribution in [2.75, 3.05) is 25.0 Å². The van der Waals surface area contributed by atoms with Gasteiger partial charge in [-0.2, -0.15) is 0 Å². The van der Waals surface area contributed by atoms with Crippen molar-refractivity contribution >= 4 is 11.6 Å². The Bertz CT molecular complexity index is 811. The molecule has 1 amide bonds. The molecule has 142 valence electrons. The molecule has 2 aliphatic rings. The van der Waals surface area contributed by atoms with Crippen LogP contribution in [0.5, 0.6) is 0 Å². The molecule has 5 heteroatoms. The van der Waals surface area contributed by atoms with Crippen LogP contribution in [0.2, 0.25) is 0 Å². The minimum atomic E-state index is -0.166. The summed E-state index contributed by atoms with van der Waals surface area (Å²) in [4.78, 5) is 19.5. The predicted octanol–water partition coefficient (Wildman–Crippen LogP) is 2.90. The number of pyridine rings is 1. The lowest BCUT2D eigenvalue weighted by atomic mass is 9.83. The zero-order valence-electron chi connectivity index (χ0n) is 16.0. The van der Waals surface area contributed by atoms with Crippen LogP contribution in [0.1, 0.15) is 36.2 Å². The molecule has 0 aliphatic carbocycles. The van der Waals surface area contributed by atoms with E-state index in [9.17, 15) is 4.79 Å². The molecule has 2 aliphatic heterocycles. The van der Waals surface area contributed by atoms with Gasteiger partial charge in [-0.15, -0.1) is 0 Å². The van der Waals surface area contributed by atoms with Gasteiger partial charge in [0.15, 0.2) is 0 Å². The zero-order valence-corrected chi connectivity index (χ0v) is 16.0. The van der Waals surface area contributed by atoms with Gasteiger partial charge in [0.05, 0.1) is 5.69 Å². The summed E-state index contributed by atoms with van der Waals surface area (Å²) >= 11 is 0. The number of nitrogens with one attached hydrogen (secondary N) is 2. The van der Waals surface area contributed by atoms with Gasteiger partial charge in [-0.3, -0.25) is 14.7 Å². The van der Waals surface area contributed by atoms with E-state index in [1.54, 1.807) is 0 Å². The molecule has 0 unspecified atom stereocenters. The number of amides is 1. The molecule has 0 bridgehead atoms. The normalized spacial score (nSPS) is 20.0. The Morgan fingerprint density at radius 1 is 1.11 bits per heavy atom. The molecule has 4 rings (SSSR count). The number of likely N-dealkylation sites (tertiary alicyclic amines) is 1. The molecular formula is C22H28N4O. The third kappa shape index (κ3) is 4.30. The zero-order chi connectivity index (χ0) is 18.7. The molecular weight excluding hydrogens is 336 g/mol. The number of carbonyl (C=O) groups excluding carboxylic acids is 1. The van der Waals surface area contributed by atoms with Gasteiger partial charge in [0.1, 0.15) is 0 Å². The number of carbonyl (C=O) groups is 1. The number of rotatable bonds is 2. The number of anilines is 1. The van der Waals surface area contributed by atoms with Gasteiger partial charge >= 0.3 is 0 Å². The van der Waals surface area contributed by atoms with Crippen molar-refractivity contribution in [1.82, 2.24) is 15.2 Å². The third-order valence-electron chi connectivity index (χ3n) is 5.78. The summed E-state index contributed by atoms with van der Waals surface area (Å²) in [6.45, 7) is 5.56. The number of fused-ring (bicyclic) bond motifs is 1. The summed E-state index contributed by atoms with van der Waals surface area (Å²) in [5.41, 5.74) is 4.48. The van der Waals surface area contributed by atoms with Gasteiger partial charge in [0.2, 0.25) is 5.91 Å². The van der Waals surface area contributed by atoms with Crippen LogP contribution in [-0.2, 0) is 17.8 Å². The van der Waals surface area contributed by atoms with E-state index >= 15 is 0 Å². The largest absolute Gasteiger partial charge is 0.379 e. The summed E-state index contributed by atoms with van der Waals surface area (Å²) in [5, 5.41) is 6.87. The highest BCUT2D eigenvalue weighted by Crippen LogP contribution is 2.33. The summed E-state index contributed by atoms with van der Waals surface area (Å²) in [7, 11) is 0. The number of benzene rings is 1. The standard InChI is InChI=1S/C22H28N4O/c1-17-5-4-7-19(24-17)16-26-13-10-22(11-14-26)15-21(27)23-12-9-18-6-2-3-8-20(18)25-22/h2-8,25H,9-16H2,1H3,(H,23,27). The van der Waals surface area contributed by atoms with Gasteiger partial charge in [0, 0.05) is 49.5 Å². The molecule has 27 heavy (non-hydrogen) atoms. The molecule has 1 aromatic heterocycles. The topological polar surface area (TPSA) is 57.3 Å². The second-order valence-electron chi connectivity index (χ2n) is 7.89. The van der Waals surface area contributed by atoms with Gasteiger partial charge < -0.3 is 10.6 Å². The van der Waals surface area contributed by atoms with E-state index < -0.39 is 0 Å². The number of para-hydroxylation sites is 1. The molecule has 0 radical (unpaired) electrons. The van der Waals surface area contributed by atoms with E-state index in [4.69, 9.17) is 0 Å². The first kappa shape index (κ1) is 18.0. The number of aromatic nitrogens is 1. The molecule has 3 heterocycles. The SMILES string of the molecule is Cc1cccc(CN2CCC3(CC2)CC(=O)NCCc2ccccc2N3)n1. The van der Waals surface area contributed by atoms with Gasteiger partial charge in [0.25, 0.3) is 0 Å². The predicted molar refractivity (Wildman–Crippen MR) is 108 cm³/mol. The minimum absolute atomic E-state index is 0.157. The Kier molecular flexibility index (Phi) is 5.12. The van der Waals surface area contributed by atoms with Crippen LogP contribution in [-0.4, -0.2) is 41.0 Å². The van der Waals surface area contributed by atoms with E-state index in [1.165, 1.54) is 11.3 Å². The van der Waals surface area contributed by atoms with Crippen LogP contribution in [0.4, 0.5) is 5.69 Å². The van der Waals surface area contributed by atoms with Crippen molar-refractivity contribution in [3.05, 3.63) is 59.4 Å². The van der Waals surface area contributed by atoms with Gasteiger partial charge in [-0.1, -0.05) is 24.3 Å². The van der Waals surface area contributed by atoms with E-state index in [0.29, 0.717) is 13.0 Å². The summed E-state index contributed by atoms with van der Waals surface area (Å²) in [6.07, 6.45) is 3.33. The second kappa shape index (κ2) is 7.69. The number of hydrogen-bond acceptors (Lipinski definition) is 4. The van der Waals surface area contributed by atoms with Crippen molar-refractivity contribution in [2.45, 2.75) is 44.7 Å². The number of piperidine rings is 1. The first-order valence-electron chi connectivity index (χ1n) is 9.90. The van der Waals surface area contributed by atoms with E-state index in [0.717, 1.165) is 50.3 Å². The fourth-order valence-corrected chi connectivity index (χ4v) is 4.25. The van der Waals surface area contributed by atoms with Gasteiger partial charge in [-0.05, 0) is 49.9 Å². The number of aryl methyl sites for hydroxylation is 1. The highest BCUT2D eigenvalue weighted by Gasteiger charge is 2.37. The second-order valence-corrected chi connectivity index (χ2v) is 7.89. The lowest BCUT2D eigenvalue weighted by Gasteiger charge is -2.42. The Labute approximate surface area is 161 Å². The van der Waals surface area contributed by atoms with E-state index in [-0.39, 0.29) is 11.4 Å². The van der Waals surface area contributed by atoms with Crippen LogP contribution in [0.15, 0.2) is 42.5 Å². The van der Waals surface area contributed by atoms with Crippen molar-refractivity contribution in [3.8, 4) is 0 Å². The highest BCUT2D eigenvalue weighted by atomic mass is 16.1. The average molecular weight is 364 g/mol. The van der Waals surface area contributed by atoms with Gasteiger partial charge in [-0.25, -0.2) is 0 Å². The third-order valence-corrected chi connectivity index (χ3v) is 5.78. The first-order chi connectivity index (χ1) is 13.1. The van der Waals surface area contributed by atoms with Crippen LogP contribution in [0.25, 0.3) is 0 Å². The van der Waals surface area contributed by atoms with Crippen LogP contribution in [0.3, 0.4) is 0 Å². The molecule has 0 saturated carbocycles. The molecule has 0 atom stereocenters. The minimum Gasteiger partial charge on any atom is -0.379 e. The number of hydrogen-bond donors (Lipinski definition) is 2. The fraction of sp³-hybridized carbons (Fsp3) is 0.455. The molecule has 1 spiro atoms.